The zero-order valence-corrected chi connectivity index (χ0v) is 15.5. The van der Waals surface area contributed by atoms with Gasteiger partial charge in [-0.05, 0) is 53.3 Å². The third kappa shape index (κ3) is 5.86. The topological polar surface area (TPSA) is 38.3 Å². The summed E-state index contributed by atoms with van der Waals surface area (Å²) < 4.78 is 6.69. The molecule has 1 amide bonds. The summed E-state index contributed by atoms with van der Waals surface area (Å²) in [5.41, 5.74) is 1.43. The molecule has 0 bridgehead atoms. The van der Waals surface area contributed by atoms with E-state index in [4.69, 9.17) is 4.74 Å². The van der Waals surface area contributed by atoms with Crippen LogP contribution in [-0.4, -0.2) is 12.5 Å². The number of rotatable bonds is 8. The number of halogens is 1. The number of unbranched alkanes of at least 4 members (excludes halogenated alkanes) is 3. The zero-order valence-electron chi connectivity index (χ0n) is 13.3. The maximum atomic E-state index is 12.3. The van der Waals surface area contributed by atoms with Gasteiger partial charge in [-0.2, -0.15) is 0 Å². The molecule has 0 aliphatic rings. The minimum absolute atomic E-state index is 0.102. The Labute approximate surface area is 151 Å². The number of hydrogen-bond acceptors (Lipinski definition) is 2. The minimum atomic E-state index is -0.102. The van der Waals surface area contributed by atoms with Crippen molar-refractivity contribution in [3.8, 4) is 5.75 Å². The number of ether oxygens (including phenoxy) is 1. The Morgan fingerprint density at radius 3 is 2.70 bits per heavy atom. The van der Waals surface area contributed by atoms with Crippen LogP contribution in [0.25, 0.3) is 0 Å². The predicted octanol–water partition coefficient (Wildman–Crippen LogP) is 5.50. The Kier molecular flexibility index (Phi) is 7.39. The van der Waals surface area contributed by atoms with Crippen LogP contribution in [0.2, 0.25) is 0 Å². The molecule has 23 heavy (non-hydrogen) atoms. The highest BCUT2D eigenvalue weighted by Crippen LogP contribution is 2.20. The molecule has 0 saturated heterocycles. The van der Waals surface area contributed by atoms with Crippen LogP contribution in [0.1, 0.15) is 43.0 Å². The van der Waals surface area contributed by atoms with Crippen molar-refractivity contribution in [2.24, 2.45) is 0 Å². The van der Waals surface area contributed by atoms with Crippen molar-refractivity contribution in [3.63, 3.8) is 0 Å². The molecule has 2 rings (SSSR count). The van der Waals surface area contributed by atoms with E-state index in [1.807, 2.05) is 48.5 Å². The lowest BCUT2D eigenvalue weighted by Gasteiger charge is -2.10. The lowest BCUT2D eigenvalue weighted by Crippen LogP contribution is -2.13. The lowest BCUT2D eigenvalue weighted by atomic mass is 10.2. The number of carbonyl (C=O) groups is 1. The monoisotopic (exact) mass is 423 g/mol. The molecule has 2 aromatic carbocycles. The second-order valence-electron chi connectivity index (χ2n) is 5.37. The Morgan fingerprint density at radius 1 is 1.09 bits per heavy atom. The van der Waals surface area contributed by atoms with Gasteiger partial charge in [0.2, 0.25) is 0 Å². The van der Waals surface area contributed by atoms with Gasteiger partial charge in [-0.25, -0.2) is 0 Å². The van der Waals surface area contributed by atoms with Gasteiger partial charge in [0, 0.05) is 15.3 Å². The highest BCUT2D eigenvalue weighted by molar-refractivity contribution is 14.1. The summed E-state index contributed by atoms with van der Waals surface area (Å²) in [6.07, 6.45) is 4.72. The fraction of sp³-hybridized carbons (Fsp3) is 0.316. The summed E-state index contributed by atoms with van der Waals surface area (Å²) in [5, 5.41) is 2.93. The van der Waals surface area contributed by atoms with Crippen LogP contribution in [0.5, 0.6) is 5.75 Å². The molecular weight excluding hydrogens is 401 g/mol. The molecule has 0 unspecified atom stereocenters. The molecule has 0 radical (unpaired) electrons. The van der Waals surface area contributed by atoms with Crippen molar-refractivity contribution >= 4 is 34.2 Å². The Balaban J connectivity index is 1.92. The van der Waals surface area contributed by atoms with Crippen LogP contribution in [-0.2, 0) is 0 Å². The second-order valence-corrected chi connectivity index (χ2v) is 6.53. The van der Waals surface area contributed by atoms with E-state index in [9.17, 15) is 4.79 Å². The van der Waals surface area contributed by atoms with Crippen LogP contribution in [0.4, 0.5) is 5.69 Å². The van der Waals surface area contributed by atoms with Gasteiger partial charge < -0.3 is 10.1 Å². The molecule has 3 nitrogen and oxygen atoms in total. The van der Waals surface area contributed by atoms with Crippen LogP contribution < -0.4 is 10.1 Å². The number of benzene rings is 2. The van der Waals surface area contributed by atoms with Gasteiger partial charge in [-0.1, -0.05) is 44.4 Å². The van der Waals surface area contributed by atoms with E-state index in [0.29, 0.717) is 12.2 Å². The fourth-order valence-corrected chi connectivity index (χ4v) is 2.86. The average Bonchev–Trinajstić information content (AvgIpc) is 2.55. The summed E-state index contributed by atoms with van der Waals surface area (Å²) in [6, 6.07) is 15.1. The fourth-order valence-electron chi connectivity index (χ4n) is 2.23. The minimum Gasteiger partial charge on any atom is -0.494 e. The van der Waals surface area contributed by atoms with E-state index in [0.717, 1.165) is 21.4 Å². The van der Waals surface area contributed by atoms with Gasteiger partial charge in [0.25, 0.3) is 5.91 Å². The molecule has 0 atom stereocenters. The summed E-state index contributed by atoms with van der Waals surface area (Å²) in [6.45, 7) is 2.91. The number of nitrogens with one attached hydrogen (secondary N) is 1. The second kappa shape index (κ2) is 9.55. The van der Waals surface area contributed by atoms with Crippen molar-refractivity contribution in [2.75, 3.05) is 11.9 Å². The van der Waals surface area contributed by atoms with Crippen molar-refractivity contribution in [1.82, 2.24) is 0 Å². The number of anilines is 1. The third-order valence-electron chi connectivity index (χ3n) is 3.48. The van der Waals surface area contributed by atoms with Gasteiger partial charge in [0.15, 0.2) is 0 Å². The Bertz CT molecular complexity index is 643. The molecule has 0 aromatic heterocycles. The van der Waals surface area contributed by atoms with Gasteiger partial charge in [-0.3, -0.25) is 4.79 Å². The van der Waals surface area contributed by atoms with E-state index in [1.54, 1.807) is 0 Å². The summed E-state index contributed by atoms with van der Waals surface area (Å²) >= 11 is 2.17. The van der Waals surface area contributed by atoms with E-state index >= 15 is 0 Å². The van der Waals surface area contributed by atoms with Crippen LogP contribution >= 0.6 is 22.6 Å². The molecule has 0 fully saturated rings. The number of amides is 1. The first-order valence-corrected chi connectivity index (χ1v) is 9.07. The van der Waals surface area contributed by atoms with Crippen molar-refractivity contribution in [2.45, 2.75) is 32.6 Å². The predicted molar refractivity (Wildman–Crippen MR) is 103 cm³/mol. The van der Waals surface area contributed by atoms with E-state index < -0.39 is 0 Å². The highest BCUT2D eigenvalue weighted by atomic mass is 127. The number of hydrogen-bond donors (Lipinski definition) is 1. The Morgan fingerprint density at radius 2 is 1.91 bits per heavy atom. The first-order chi connectivity index (χ1) is 11.2. The zero-order chi connectivity index (χ0) is 16.5. The smallest absolute Gasteiger partial charge is 0.256 e. The van der Waals surface area contributed by atoms with Crippen LogP contribution in [0.3, 0.4) is 0 Å². The maximum absolute atomic E-state index is 12.3. The standard InChI is InChI=1S/C19H22INO2/c1-2-3-4-7-13-23-16-10-8-9-15(14-16)21-19(22)17-11-5-6-12-18(17)20/h5-6,8-12,14H,2-4,7,13H2,1H3,(H,21,22). The van der Waals surface area contributed by atoms with E-state index in [1.165, 1.54) is 19.3 Å². The quantitative estimate of drug-likeness (QED) is 0.450. The van der Waals surface area contributed by atoms with Gasteiger partial charge in [0.05, 0.1) is 12.2 Å². The normalized spacial score (nSPS) is 10.3. The maximum Gasteiger partial charge on any atom is 0.256 e. The molecule has 0 saturated carbocycles. The molecule has 0 spiro atoms. The molecule has 0 heterocycles. The van der Waals surface area contributed by atoms with Gasteiger partial charge in [0.1, 0.15) is 5.75 Å². The van der Waals surface area contributed by atoms with Crippen molar-refractivity contribution in [3.05, 3.63) is 57.7 Å². The SMILES string of the molecule is CCCCCCOc1cccc(NC(=O)c2ccccc2I)c1. The van der Waals surface area contributed by atoms with E-state index in [2.05, 4.69) is 34.8 Å². The number of carbonyl (C=O) groups excluding carboxylic acids is 1. The van der Waals surface area contributed by atoms with Crippen LogP contribution in [0, 0.1) is 3.57 Å². The average molecular weight is 423 g/mol. The van der Waals surface area contributed by atoms with E-state index in [-0.39, 0.29) is 5.91 Å². The highest BCUT2D eigenvalue weighted by Gasteiger charge is 2.09. The largest absolute Gasteiger partial charge is 0.494 e. The molecule has 122 valence electrons. The summed E-state index contributed by atoms with van der Waals surface area (Å²) in [7, 11) is 0. The summed E-state index contributed by atoms with van der Waals surface area (Å²) in [5.74, 6) is 0.692. The molecule has 1 N–H and O–H groups in total. The molecular formula is C19H22INO2. The lowest BCUT2D eigenvalue weighted by molar-refractivity contribution is 0.102. The summed E-state index contributed by atoms with van der Waals surface area (Å²) in [4.78, 5) is 12.3. The van der Waals surface area contributed by atoms with Crippen LogP contribution in [0.15, 0.2) is 48.5 Å². The van der Waals surface area contributed by atoms with Crippen molar-refractivity contribution in [1.29, 1.82) is 0 Å². The third-order valence-corrected chi connectivity index (χ3v) is 4.42. The molecule has 0 aliphatic heterocycles. The first-order valence-electron chi connectivity index (χ1n) is 7.99. The van der Waals surface area contributed by atoms with Gasteiger partial charge >= 0.3 is 0 Å². The first kappa shape index (κ1) is 17.8. The Hall–Kier alpha value is -1.56. The van der Waals surface area contributed by atoms with Gasteiger partial charge in [-0.15, -0.1) is 0 Å². The van der Waals surface area contributed by atoms with Crippen molar-refractivity contribution < 1.29 is 9.53 Å². The molecule has 4 heteroatoms. The molecule has 2 aromatic rings. The molecule has 0 aliphatic carbocycles.